The van der Waals surface area contributed by atoms with E-state index in [4.69, 9.17) is 4.74 Å². The molecule has 4 rings (SSSR count). The van der Waals surface area contributed by atoms with E-state index >= 15 is 0 Å². The van der Waals surface area contributed by atoms with Crippen LogP contribution in [0.5, 0.6) is 0 Å². The minimum atomic E-state index is -0.341. The van der Waals surface area contributed by atoms with Crippen LogP contribution in [0, 0.1) is 0 Å². The van der Waals surface area contributed by atoms with Gasteiger partial charge in [-0.3, -0.25) is 9.89 Å². The maximum absolute atomic E-state index is 12.6. The van der Waals surface area contributed by atoms with Crippen molar-refractivity contribution in [2.24, 2.45) is 0 Å². The average Bonchev–Trinajstić information content (AvgIpc) is 3.23. The molecule has 0 spiro atoms. The van der Waals surface area contributed by atoms with Crippen molar-refractivity contribution in [1.82, 2.24) is 15.2 Å². The van der Waals surface area contributed by atoms with Crippen LogP contribution in [-0.2, 0) is 9.53 Å². The number of thioether (sulfide) groups is 1. The van der Waals surface area contributed by atoms with Crippen molar-refractivity contribution in [3.63, 3.8) is 0 Å². The maximum atomic E-state index is 12.6. The molecule has 0 saturated carbocycles. The van der Waals surface area contributed by atoms with E-state index in [0.717, 1.165) is 47.7 Å². The molecule has 0 radical (unpaired) electrons. The number of nitrogens with one attached hydrogen (secondary N) is 2. The lowest BCUT2D eigenvalue weighted by molar-refractivity contribution is -0.115. The number of ether oxygens (including phenoxy) is 1. The van der Waals surface area contributed by atoms with E-state index in [1.54, 1.807) is 0 Å². The summed E-state index contributed by atoms with van der Waals surface area (Å²) < 4.78 is 6.32. The summed E-state index contributed by atoms with van der Waals surface area (Å²) in [4.78, 5) is 19.4. The number of benzene rings is 2. The van der Waals surface area contributed by atoms with Gasteiger partial charge < -0.3 is 15.0 Å². The summed E-state index contributed by atoms with van der Waals surface area (Å²) in [7, 11) is 0. The fraction of sp³-hybridized carbons (Fsp3) is 0.286. The normalized spacial score (nSPS) is 15.1. The molecular weight excluding hydrogens is 466 g/mol. The van der Waals surface area contributed by atoms with Crippen molar-refractivity contribution < 1.29 is 9.53 Å². The zero-order chi connectivity index (χ0) is 20.9. The summed E-state index contributed by atoms with van der Waals surface area (Å²) in [5.74, 6) is 0.572. The van der Waals surface area contributed by atoms with Crippen molar-refractivity contribution >= 4 is 45.0 Å². The van der Waals surface area contributed by atoms with Crippen molar-refractivity contribution in [1.29, 1.82) is 0 Å². The van der Waals surface area contributed by atoms with Gasteiger partial charge in [0.1, 0.15) is 0 Å². The van der Waals surface area contributed by atoms with Crippen molar-refractivity contribution in [3.05, 3.63) is 53.0 Å². The number of aromatic nitrogens is 3. The molecule has 1 aliphatic rings. The predicted octanol–water partition coefficient (Wildman–Crippen LogP) is 4.19. The Hall–Kier alpha value is -2.36. The van der Waals surface area contributed by atoms with Gasteiger partial charge in [-0.25, -0.2) is 4.98 Å². The molecule has 7 nitrogen and oxygen atoms in total. The Kier molecular flexibility index (Phi) is 6.71. The smallest absolute Gasteiger partial charge is 0.237 e. The van der Waals surface area contributed by atoms with Crippen LogP contribution in [0.15, 0.2) is 58.2 Å². The van der Waals surface area contributed by atoms with Gasteiger partial charge in [0.05, 0.1) is 18.5 Å². The molecule has 1 amide bonds. The van der Waals surface area contributed by atoms with Gasteiger partial charge in [-0.1, -0.05) is 45.9 Å². The van der Waals surface area contributed by atoms with Crippen LogP contribution < -0.4 is 10.2 Å². The number of H-pyrrole nitrogens is 1. The SMILES string of the molecule is C[C@@H](Sc1n[nH]c(-c2ccccc2Br)n1)C(=O)Nc1ccc(N2CCOCC2)cc1. The number of nitrogens with zero attached hydrogens (tertiary/aromatic N) is 3. The number of carbonyl (C=O) groups excluding carboxylic acids is 1. The number of morpholine rings is 1. The molecular formula is C21H22BrN5O2S. The van der Waals surface area contributed by atoms with Crippen LogP contribution in [0.3, 0.4) is 0 Å². The van der Waals surface area contributed by atoms with Crippen molar-refractivity contribution in [2.45, 2.75) is 17.3 Å². The third kappa shape index (κ3) is 5.03. The number of carbonyl (C=O) groups is 1. The number of hydrogen-bond acceptors (Lipinski definition) is 6. The molecule has 3 aromatic rings. The largest absolute Gasteiger partial charge is 0.378 e. The molecule has 1 fully saturated rings. The molecule has 1 aromatic heterocycles. The highest BCUT2D eigenvalue weighted by molar-refractivity contribution is 9.10. The van der Waals surface area contributed by atoms with Gasteiger partial charge in [-0.15, -0.1) is 5.10 Å². The average molecular weight is 488 g/mol. The summed E-state index contributed by atoms with van der Waals surface area (Å²) >= 11 is 4.83. The second-order valence-electron chi connectivity index (χ2n) is 6.84. The van der Waals surface area contributed by atoms with Gasteiger partial charge in [0.2, 0.25) is 11.1 Å². The summed E-state index contributed by atoms with van der Waals surface area (Å²) in [6.07, 6.45) is 0. The molecule has 1 atom stereocenters. The molecule has 0 bridgehead atoms. The molecule has 2 N–H and O–H groups in total. The zero-order valence-corrected chi connectivity index (χ0v) is 18.9. The number of hydrogen-bond donors (Lipinski definition) is 2. The molecule has 2 heterocycles. The zero-order valence-electron chi connectivity index (χ0n) is 16.5. The first-order chi connectivity index (χ1) is 14.6. The third-order valence-corrected chi connectivity index (χ3v) is 6.41. The van der Waals surface area contributed by atoms with Crippen molar-refractivity contribution in [3.8, 4) is 11.4 Å². The van der Waals surface area contributed by atoms with E-state index in [9.17, 15) is 4.79 Å². The predicted molar refractivity (Wildman–Crippen MR) is 123 cm³/mol. The lowest BCUT2D eigenvalue weighted by Gasteiger charge is -2.28. The minimum Gasteiger partial charge on any atom is -0.378 e. The number of rotatable bonds is 6. The Bertz CT molecular complexity index is 1000. The van der Waals surface area contributed by atoms with Crippen LogP contribution in [-0.4, -0.2) is 52.6 Å². The lowest BCUT2D eigenvalue weighted by Crippen LogP contribution is -2.36. The highest BCUT2D eigenvalue weighted by Gasteiger charge is 2.18. The van der Waals surface area contributed by atoms with Gasteiger partial charge in [0.25, 0.3) is 0 Å². The lowest BCUT2D eigenvalue weighted by atomic mass is 10.2. The minimum absolute atomic E-state index is 0.0913. The Balaban J connectivity index is 1.34. The number of halogens is 1. The molecule has 0 unspecified atom stereocenters. The first-order valence-corrected chi connectivity index (χ1v) is 11.3. The fourth-order valence-electron chi connectivity index (χ4n) is 3.11. The van der Waals surface area contributed by atoms with Crippen LogP contribution in [0.25, 0.3) is 11.4 Å². The molecule has 9 heteroatoms. The monoisotopic (exact) mass is 487 g/mol. The third-order valence-electron chi connectivity index (χ3n) is 4.76. The standard InChI is InChI=1S/C21H22BrN5O2S/c1-14(30-21-24-19(25-26-21)17-4-2-3-5-18(17)22)20(28)23-15-6-8-16(9-7-15)27-10-12-29-13-11-27/h2-9,14H,10-13H2,1H3,(H,23,28)(H,24,25,26)/t14-/m1/s1. The van der Waals surface area contributed by atoms with E-state index in [1.807, 2.05) is 55.5 Å². The van der Waals surface area contributed by atoms with Gasteiger partial charge in [0, 0.05) is 34.5 Å². The topological polar surface area (TPSA) is 83.1 Å². The number of anilines is 2. The molecule has 1 aliphatic heterocycles. The molecule has 156 valence electrons. The maximum Gasteiger partial charge on any atom is 0.237 e. The number of aromatic amines is 1. The Labute approximate surface area is 187 Å². The van der Waals surface area contributed by atoms with Gasteiger partial charge in [-0.05, 0) is 37.3 Å². The molecule has 30 heavy (non-hydrogen) atoms. The summed E-state index contributed by atoms with van der Waals surface area (Å²) in [5, 5.41) is 10.3. The molecule has 0 aliphatic carbocycles. The Morgan fingerprint density at radius 2 is 1.93 bits per heavy atom. The van der Waals surface area contributed by atoms with Crippen LogP contribution in [0.2, 0.25) is 0 Å². The van der Waals surface area contributed by atoms with Crippen LogP contribution in [0.4, 0.5) is 11.4 Å². The van der Waals surface area contributed by atoms with Gasteiger partial charge in [0.15, 0.2) is 5.82 Å². The summed E-state index contributed by atoms with van der Waals surface area (Å²) in [6.45, 7) is 5.11. The first-order valence-electron chi connectivity index (χ1n) is 9.68. The van der Waals surface area contributed by atoms with E-state index in [1.165, 1.54) is 11.8 Å². The number of amides is 1. The van der Waals surface area contributed by atoms with E-state index in [2.05, 4.69) is 41.3 Å². The quantitative estimate of drug-likeness (QED) is 0.507. The fourth-order valence-corrected chi connectivity index (χ4v) is 4.30. The Morgan fingerprint density at radius 1 is 1.20 bits per heavy atom. The molecule has 1 saturated heterocycles. The second-order valence-corrected chi connectivity index (χ2v) is 9.00. The molecule has 2 aromatic carbocycles. The van der Waals surface area contributed by atoms with E-state index in [0.29, 0.717) is 11.0 Å². The van der Waals surface area contributed by atoms with Gasteiger partial charge in [-0.2, -0.15) is 0 Å². The Morgan fingerprint density at radius 3 is 2.67 bits per heavy atom. The van der Waals surface area contributed by atoms with Crippen LogP contribution >= 0.6 is 27.7 Å². The highest BCUT2D eigenvalue weighted by Crippen LogP contribution is 2.28. The van der Waals surface area contributed by atoms with Crippen molar-refractivity contribution in [2.75, 3.05) is 36.5 Å². The van der Waals surface area contributed by atoms with E-state index in [-0.39, 0.29) is 11.2 Å². The summed E-state index contributed by atoms with van der Waals surface area (Å²) in [6, 6.07) is 15.7. The first kappa shape index (κ1) is 20.9. The van der Waals surface area contributed by atoms with E-state index < -0.39 is 0 Å². The van der Waals surface area contributed by atoms with Gasteiger partial charge >= 0.3 is 0 Å². The van der Waals surface area contributed by atoms with Crippen LogP contribution in [0.1, 0.15) is 6.92 Å². The summed E-state index contributed by atoms with van der Waals surface area (Å²) in [5.41, 5.74) is 2.83. The second kappa shape index (κ2) is 9.63. The highest BCUT2D eigenvalue weighted by atomic mass is 79.9.